The molecule has 2 aliphatic rings. The lowest BCUT2D eigenvalue weighted by molar-refractivity contribution is -0.0828. The monoisotopic (exact) mass is 467 g/mol. The van der Waals surface area contributed by atoms with Crippen molar-refractivity contribution in [2.24, 2.45) is 0 Å². The Labute approximate surface area is 196 Å². The van der Waals surface area contributed by atoms with Crippen molar-refractivity contribution < 1.29 is 14.6 Å². The summed E-state index contributed by atoms with van der Waals surface area (Å²) in [6.45, 7) is 1.98. The van der Waals surface area contributed by atoms with Crippen LogP contribution < -0.4 is 21.5 Å². The second kappa shape index (κ2) is 8.41. The average Bonchev–Trinajstić information content (AvgIpc) is 3.26. The Morgan fingerprint density at radius 1 is 1.32 bits per heavy atom. The molecule has 11 nitrogen and oxygen atoms in total. The molecule has 0 aromatic carbocycles. The van der Waals surface area contributed by atoms with Crippen LogP contribution in [-0.2, 0) is 4.74 Å². The van der Waals surface area contributed by atoms with Crippen molar-refractivity contribution in [1.29, 1.82) is 0 Å². The Balaban J connectivity index is 1.46. The number of amides is 1. The van der Waals surface area contributed by atoms with E-state index in [4.69, 9.17) is 4.74 Å². The van der Waals surface area contributed by atoms with Crippen molar-refractivity contribution >= 4 is 28.9 Å². The number of aromatic nitrogens is 4. The molecule has 1 unspecified atom stereocenters. The highest BCUT2D eigenvalue weighted by molar-refractivity contribution is 6.00. The topological polar surface area (TPSA) is 135 Å². The van der Waals surface area contributed by atoms with Crippen molar-refractivity contribution in [2.45, 2.75) is 56.4 Å². The number of aliphatic hydroxyl groups is 1. The van der Waals surface area contributed by atoms with Crippen LogP contribution in [-0.4, -0.2) is 62.1 Å². The summed E-state index contributed by atoms with van der Waals surface area (Å²) in [5, 5.41) is 23.5. The minimum Gasteiger partial charge on any atom is -0.391 e. The lowest BCUT2D eigenvalue weighted by atomic mass is 9.76. The molecule has 2 saturated carbocycles. The minimum absolute atomic E-state index is 0.0883. The van der Waals surface area contributed by atoms with E-state index in [1.807, 2.05) is 6.92 Å². The third kappa shape index (κ3) is 3.61. The smallest absolute Gasteiger partial charge is 0.274 e. The van der Waals surface area contributed by atoms with Gasteiger partial charge in [-0.2, -0.15) is 9.61 Å². The maximum atomic E-state index is 13.1. The number of carbonyl (C=O) groups excluding carboxylic acids is 1. The summed E-state index contributed by atoms with van der Waals surface area (Å²) in [5.41, 5.74) is 0.394. The summed E-state index contributed by atoms with van der Waals surface area (Å²) < 4.78 is 8.65. The highest BCUT2D eigenvalue weighted by atomic mass is 16.5. The Morgan fingerprint density at radius 3 is 2.76 bits per heavy atom. The molecular weight excluding hydrogens is 438 g/mol. The van der Waals surface area contributed by atoms with Crippen LogP contribution in [0.3, 0.4) is 0 Å². The van der Waals surface area contributed by atoms with Crippen LogP contribution in [0.4, 0.5) is 17.3 Å². The Morgan fingerprint density at radius 2 is 2.15 bits per heavy atom. The van der Waals surface area contributed by atoms with E-state index in [-0.39, 0.29) is 29.2 Å². The van der Waals surface area contributed by atoms with Gasteiger partial charge in [0.05, 0.1) is 30.0 Å². The molecule has 34 heavy (non-hydrogen) atoms. The zero-order valence-corrected chi connectivity index (χ0v) is 19.4. The van der Waals surface area contributed by atoms with Crippen LogP contribution in [0, 0.1) is 0 Å². The highest BCUT2D eigenvalue weighted by Gasteiger charge is 2.44. The lowest BCUT2D eigenvalue weighted by Gasteiger charge is -2.45. The number of aliphatic hydroxyl groups excluding tert-OH is 1. The number of nitrogens with zero attached hydrogens (tertiary/aromatic N) is 4. The summed E-state index contributed by atoms with van der Waals surface area (Å²) in [4.78, 5) is 30.7. The fraction of sp³-hybridized carbons (Fsp3) is 0.478. The summed E-state index contributed by atoms with van der Waals surface area (Å²) >= 11 is 0. The first-order chi connectivity index (χ1) is 16.3. The second-order valence-electron chi connectivity index (χ2n) is 9.12. The molecular formula is C23H29N7O4. The largest absolute Gasteiger partial charge is 0.391 e. The molecule has 3 aromatic rings. The average molecular weight is 468 g/mol. The summed E-state index contributed by atoms with van der Waals surface area (Å²) in [7, 11) is 3.39. The van der Waals surface area contributed by atoms with Crippen LogP contribution in [0.25, 0.3) is 5.65 Å². The molecule has 11 heteroatoms. The van der Waals surface area contributed by atoms with E-state index >= 15 is 0 Å². The second-order valence-corrected chi connectivity index (χ2v) is 9.12. The number of ether oxygens (including phenoxy) is 1. The summed E-state index contributed by atoms with van der Waals surface area (Å²) in [6.07, 6.45) is 5.83. The third-order valence-electron chi connectivity index (χ3n) is 7.21. The van der Waals surface area contributed by atoms with Gasteiger partial charge in [0.15, 0.2) is 5.65 Å². The Kier molecular flexibility index (Phi) is 5.53. The van der Waals surface area contributed by atoms with Crippen molar-refractivity contribution in [3.8, 4) is 0 Å². The number of carbonyl (C=O) groups is 1. The van der Waals surface area contributed by atoms with Crippen LogP contribution in [0.1, 0.15) is 49.0 Å². The van der Waals surface area contributed by atoms with E-state index in [9.17, 15) is 14.7 Å². The number of fused-ring (bicyclic) bond motifs is 1. The van der Waals surface area contributed by atoms with Gasteiger partial charge < -0.3 is 30.4 Å². The number of hydrogen-bond donors (Lipinski definition) is 4. The first-order valence-corrected chi connectivity index (χ1v) is 11.4. The highest BCUT2D eigenvalue weighted by Crippen LogP contribution is 2.35. The number of rotatable bonds is 7. The maximum Gasteiger partial charge on any atom is 0.274 e. The van der Waals surface area contributed by atoms with E-state index in [2.05, 4.69) is 26.0 Å². The van der Waals surface area contributed by atoms with Crippen molar-refractivity contribution in [3.63, 3.8) is 0 Å². The van der Waals surface area contributed by atoms with Crippen molar-refractivity contribution in [1.82, 2.24) is 24.5 Å². The van der Waals surface area contributed by atoms with Crippen LogP contribution in [0.2, 0.25) is 0 Å². The van der Waals surface area contributed by atoms with Gasteiger partial charge in [-0.3, -0.25) is 9.59 Å². The van der Waals surface area contributed by atoms with Gasteiger partial charge in [-0.25, -0.2) is 4.98 Å². The number of nitrogens with one attached hydrogen (secondary N) is 3. The molecule has 5 rings (SSSR count). The molecule has 2 aliphatic carbocycles. The van der Waals surface area contributed by atoms with E-state index in [0.717, 1.165) is 19.3 Å². The molecule has 180 valence electrons. The summed E-state index contributed by atoms with van der Waals surface area (Å²) in [5.74, 6) is 0.707. The summed E-state index contributed by atoms with van der Waals surface area (Å²) in [6, 6.07) is 4.84. The van der Waals surface area contributed by atoms with Gasteiger partial charge in [0.25, 0.3) is 11.5 Å². The molecule has 0 bridgehead atoms. The molecule has 3 aromatic heterocycles. The van der Waals surface area contributed by atoms with Gasteiger partial charge in [0.2, 0.25) is 0 Å². The zero-order valence-electron chi connectivity index (χ0n) is 19.4. The first-order valence-electron chi connectivity index (χ1n) is 11.4. The van der Waals surface area contributed by atoms with Gasteiger partial charge in [0, 0.05) is 26.4 Å². The van der Waals surface area contributed by atoms with Crippen LogP contribution >= 0.6 is 0 Å². The lowest BCUT2D eigenvalue weighted by Crippen LogP contribution is -2.59. The Hall–Kier alpha value is -3.44. The predicted molar refractivity (Wildman–Crippen MR) is 127 cm³/mol. The molecule has 2 fully saturated rings. The quantitative estimate of drug-likeness (QED) is 0.412. The molecule has 0 spiro atoms. The van der Waals surface area contributed by atoms with E-state index in [1.54, 1.807) is 47.6 Å². The van der Waals surface area contributed by atoms with Crippen molar-refractivity contribution in [2.75, 3.05) is 24.8 Å². The number of anilines is 3. The molecule has 1 amide bonds. The standard InChI is InChI=1S/C23H29N7O4/c1-23(34-3)9-8-17(23)27-21(32)13-12-25-30-19(24-2)11-18(28-20(13)30)26-14-5-4-10-29(22(14)33)15-6-7-16(15)31/h4-5,10-12,15-17,24,31H,6-9H2,1-3H3,(H,26,28)(H,27,32)/t15-,16-,17?,23-/m0/s1. The third-order valence-corrected chi connectivity index (χ3v) is 7.21. The molecule has 4 atom stereocenters. The Bertz CT molecular complexity index is 1300. The number of pyridine rings is 1. The number of methoxy groups -OCH3 is 1. The van der Waals surface area contributed by atoms with Crippen LogP contribution in [0.15, 0.2) is 35.4 Å². The molecule has 4 N–H and O–H groups in total. The molecule has 3 heterocycles. The van der Waals surface area contributed by atoms with E-state index < -0.39 is 6.10 Å². The number of hydrogen-bond acceptors (Lipinski definition) is 8. The first kappa shape index (κ1) is 22.4. The minimum atomic E-state index is -0.512. The molecule has 0 saturated heterocycles. The maximum absolute atomic E-state index is 13.1. The van der Waals surface area contributed by atoms with Gasteiger partial charge in [-0.15, -0.1) is 0 Å². The van der Waals surface area contributed by atoms with Crippen LogP contribution in [0.5, 0.6) is 0 Å². The molecule has 0 aliphatic heterocycles. The van der Waals surface area contributed by atoms with Gasteiger partial charge >= 0.3 is 0 Å². The van der Waals surface area contributed by atoms with E-state index in [1.165, 1.54) is 6.20 Å². The van der Waals surface area contributed by atoms with Crippen molar-refractivity contribution in [3.05, 3.63) is 46.5 Å². The SMILES string of the molecule is CNc1cc(Nc2cccn([C@H]3CC[C@@H]3O)c2=O)nc2c(C(=O)NC3CC[C@]3(C)OC)cnn12. The van der Waals surface area contributed by atoms with Gasteiger partial charge in [0.1, 0.15) is 22.9 Å². The zero-order chi connectivity index (χ0) is 24.0. The van der Waals surface area contributed by atoms with Gasteiger partial charge in [-0.1, -0.05) is 0 Å². The fourth-order valence-electron chi connectivity index (χ4n) is 4.56. The van der Waals surface area contributed by atoms with E-state index in [0.29, 0.717) is 35.0 Å². The molecule has 0 radical (unpaired) electrons. The van der Waals surface area contributed by atoms with Gasteiger partial charge in [-0.05, 0) is 44.7 Å². The predicted octanol–water partition coefficient (Wildman–Crippen LogP) is 1.67. The normalized spacial score (nSPS) is 25.9. The fourth-order valence-corrected chi connectivity index (χ4v) is 4.56.